The zero-order valence-corrected chi connectivity index (χ0v) is 18.5. The molecule has 7 nitrogen and oxygen atoms in total. The van der Waals surface area contributed by atoms with Crippen molar-refractivity contribution in [3.8, 4) is 10.6 Å². The van der Waals surface area contributed by atoms with Crippen LogP contribution < -0.4 is 16.0 Å². The van der Waals surface area contributed by atoms with E-state index in [1.165, 1.54) is 11.3 Å². The Morgan fingerprint density at radius 1 is 1.13 bits per heavy atom. The van der Waals surface area contributed by atoms with Crippen LogP contribution in [0.25, 0.3) is 10.6 Å². The molecule has 0 saturated carbocycles. The van der Waals surface area contributed by atoms with Gasteiger partial charge in [0.05, 0.1) is 11.3 Å². The number of nitrogens with two attached hydrogens (primary N) is 1. The SMILES string of the molecule is CN1CCN(c2ccc(NC(=O)c3csc(-c4cccc(Cl)c4)n3)c(C(N)=O)c2)CC1. The number of halogens is 1. The summed E-state index contributed by atoms with van der Waals surface area (Å²) in [5.74, 6) is -0.997. The Morgan fingerprint density at radius 2 is 1.90 bits per heavy atom. The molecule has 0 atom stereocenters. The van der Waals surface area contributed by atoms with Crippen molar-refractivity contribution in [1.29, 1.82) is 0 Å². The molecule has 3 aromatic rings. The Labute approximate surface area is 189 Å². The summed E-state index contributed by atoms with van der Waals surface area (Å²) in [6, 6.07) is 12.6. The molecular formula is C22H22ClN5O2S. The predicted molar refractivity (Wildman–Crippen MR) is 125 cm³/mol. The molecule has 4 rings (SSSR count). The Kier molecular flexibility index (Phi) is 6.22. The largest absolute Gasteiger partial charge is 0.369 e. The van der Waals surface area contributed by atoms with E-state index in [9.17, 15) is 9.59 Å². The second-order valence-electron chi connectivity index (χ2n) is 7.39. The van der Waals surface area contributed by atoms with E-state index in [-0.39, 0.29) is 11.3 Å². The molecule has 1 aliphatic heterocycles. The molecule has 1 fully saturated rings. The van der Waals surface area contributed by atoms with Gasteiger partial charge in [0.2, 0.25) is 0 Å². The van der Waals surface area contributed by atoms with Gasteiger partial charge in [-0.15, -0.1) is 11.3 Å². The zero-order valence-electron chi connectivity index (χ0n) is 17.0. The van der Waals surface area contributed by atoms with Crippen molar-refractivity contribution >= 4 is 46.1 Å². The predicted octanol–water partition coefficient (Wildman–Crippen LogP) is 3.57. The third-order valence-electron chi connectivity index (χ3n) is 5.19. The molecule has 2 amide bonds. The van der Waals surface area contributed by atoms with E-state index in [1.807, 2.05) is 18.2 Å². The third kappa shape index (κ3) is 4.87. The van der Waals surface area contributed by atoms with Gasteiger partial charge in [-0.25, -0.2) is 4.98 Å². The first-order chi connectivity index (χ1) is 14.9. The van der Waals surface area contributed by atoms with Crippen LogP contribution in [0.4, 0.5) is 11.4 Å². The molecule has 2 aromatic carbocycles. The van der Waals surface area contributed by atoms with Gasteiger partial charge < -0.3 is 20.9 Å². The van der Waals surface area contributed by atoms with Gasteiger partial charge in [-0.2, -0.15) is 0 Å². The molecule has 1 aliphatic rings. The smallest absolute Gasteiger partial charge is 0.275 e. The summed E-state index contributed by atoms with van der Waals surface area (Å²) in [6.45, 7) is 3.63. The summed E-state index contributed by atoms with van der Waals surface area (Å²) in [7, 11) is 2.08. The number of nitrogens with one attached hydrogen (secondary N) is 1. The van der Waals surface area contributed by atoms with E-state index in [2.05, 4.69) is 27.1 Å². The van der Waals surface area contributed by atoms with E-state index < -0.39 is 11.8 Å². The van der Waals surface area contributed by atoms with E-state index in [0.29, 0.717) is 15.7 Å². The maximum absolute atomic E-state index is 12.8. The van der Waals surface area contributed by atoms with Gasteiger partial charge in [-0.05, 0) is 37.4 Å². The van der Waals surface area contributed by atoms with Crippen molar-refractivity contribution in [3.63, 3.8) is 0 Å². The van der Waals surface area contributed by atoms with Crippen LogP contribution in [-0.2, 0) is 0 Å². The molecule has 9 heteroatoms. The topological polar surface area (TPSA) is 91.6 Å². The minimum atomic E-state index is -0.593. The highest BCUT2D eigenvalue weighted by Gasteiger charge is 2.19. The van der Waals surface area contributed by atoms with Crippen LogP contribution in [0.3, 0.4) is 0 Å². The lowest BCUT2D eigenvalue weighted by Crippen LogP contribution is -2.44. The Hall–Kier alpha value is -2.94. The molecule has 1 saturated heterocycles. The van der Waals surface area contributed by atoms with Gasteiger partial charge >= 0.3 is 0 Å². The number of nitrogens with zero attached hydrogens (tertiary/aromatic N) is 3. The summed E-state index contributed by atoms with van der Waals surface area (Å²) >= 11 is 7.39. The van der Waals surface area contributed by atoms with Crippen LogP contribution in [0.15, 0.2) is 47.8 Å². The maximum atomic E-state index is 12.8. The molecule has 0 unspecified atom stereocenters. The standard InChI is InChI=1S/C22H22ClN5O2S/c1-27-7-9-28(10-8-27)16-5-6-18(17(12-16)20(24)29)25-21(30)19-13-31-22(26-19)14-3-2-4-15(23)11-14/h2-6,11-13H,7-10H2,1H3,(H2,24,29)(H,25,30). The van der Waals surface area contributed by atoms with Crippen LogP contribution in [0, 0.1) is 0 Å². The summed E-state index contributed by atoms with van der Waals surface area (Å²) in [5.41, 5.74) is 8.26. The average molecular weight is 456 g/mol. The van der Waals surface area contributed by atoms with Crippen LogP contribution in [0.2, 0.25) is 5.02 Å². The number of carbonyl (C=O) groups is 2. The number of hydrogen-bond acceptors (Lipinski definition) is 6. The van der Waals surface area contributed by atoms with Crippen LogP contribution in [0.5, 0.6) is 0 Å². The lowest BCUT2D eigenvalue weighted by atomic mass is 10.1. The zero-order chi connectivity index (χ0) is 22.0. The van der Waals surface area contributed by atoms with Crippen molar-refractivity contribution < 1.29 is 9.59 Å². The van der Waals surface area contributed by atoms with Gasteiger partial charge in [0.15, 0.2) is 0 Å². The van der Waals surface area contributed by atoms with Crippen LogP contribution in [0.1, 0.15) is 20.8 Å². The second kappa shape index (κ2) is 9.05. The number of rotatable bonds is 5. The molecule has 31 heavy (non-hydrogen) atoms. The van der Waals surface area contributed by atoms with Gasteiger partial charge in [0.25, 0.3) is 11.8 Å². The third-order valence-corrected chi connectivity index (χ3v) is 6.32. The Balaban J connectivity index is 1.53. The maximum Gasteiger partial charge on any atom is 0.275 e. The fourth-order valence-electron chi connectivity index (χ4n) is 3.42. The molecule has 1 aromatic heterocycles. The molecule has 0 radical (unpaired) electrons. The minimum absolute atomic E-state index is 0.263. The van der Waals surface area contributed by atoms with Gasteiger partial charge in [-0.3, -0.25) is 9.59 Å². The van der Waals surface area contributed by atoms with Crippen molar-refractivity contribution in [2.75, 3.05) is 43.4 Å². The molecule has 0 bridgehead atoms. The fourth-order valence-corrected chi connectivity index (χ4v) is 4.41. The number of hydrogen-bond donors (Lipinski definition) is 2. The Morgan fingerprint density at radius 3 is 2.61 bits per heavy atom. The number of anilines is 2. The normalized spacial score (nSPS) is 14.5. The van der Waals surface area contributed by atoms with Gasteiger partial charge in [-0.1, -0.05) is 23.7 Å². The number of likely N-dealkylation sites (N-methyl/N-ethyl adjacent to an activating group) is 1. The minimum Gasteiger partial charge on any atom is -0.369 e. The van der Waals surface area contributed by atoms with Crippen molar-refractivity contribution in [2.24, 2.45) is 5.73 Å². The molecule has 0 aliphatic carbocycles. The van der Waals surface area contributed by atoms with E-state index in [1.54, 1.807) is 29.6 Å². The average Bonchev–Trinajstić information content (AvgIpc) is 3.25. The summed E-state index contributed by atoms with van der Waals surface area (Å²) < 4.78 is 0. The molecule has 0 spiro atoms. The van der Waals surface area contributed by atoms with E-state index >= 15 is 0 Å². The van der Waals surface area contributed by atoms with Crippen molar-refractivity contribution in [2.45, 2.75) is 0 Å². The summed E-state index contributed by atoms with van der Waals surface area (Å²) in [5, 5.41) is 5.74. The first-order valence-corrected chi connectivity index (χ1v) is 11.1. The summed E-state index contributed by atoms with van der Waals surface area (Å²) in [6.07, 6.45) is 0. The first-order valence-electron chi connectivity index (χ1n) is 9.81. The fraction of sp³-hybridized carbons (Fsp3) is 0.227. The molecule has 160 valence electrons. The highest BCUT2D eigenvalue weighted by molar-refractivity contribution is 7.13. The number of benzene rings is 2. The summed E-state index contributed by atoms with van der Waals surface area (Å²) in [4.78, 5) is 33.7. The highest BCUT2D eigenvalue weighted by Crippen LogP contribution is 2.28. The number of piperazine rings is 1. The van der Waals surface area contributed by atoms with E-state index in [0.717, 1.165) is 37.4 Å². The van der Waals surface area contributed by atoms with E-state index in [4.69, 9.17) is 17.3 Å². The molecule has 3 N–H and O–H groups in total. The van der Waals surface area contributed by atoms with Gasteiger partial charge in [0.1, 0.15) is 10.7 Å². The number of thiazole rings is 1. The quantitative estimate of drug-likeness (QED) is 0.613. The van der Waals surface area contributed by atoms with Gasteiger partial charge in [0, 0.05) is 47.8 Å². The molecule has 2 heterocycles. The number of carbonyl (C=O) groups excluding carboxylic acids is 2. The van der Waals surface area contributed by atoms with Crippen molar-refractivity contribution in [1.82, 2.24) is 9.88 Å². The van der Waals surface area contributed by atoms with Crippen LogP contribution >= 0.6 is 22.9 Å². The number of primary amides is 1. The number of amides is 2. The van der Waals surface area contributed by atoms with Crippen LogP contribution in [-0.4, -0.2) is 54.9 Å². The van der Waals surface area contributed by atoms with Crippen molar-refractivity contribution in [3.05, 3.63) is 64.1 Å². The lowest BCUT2D eigenvalue weighted by molar-refractivity contribution is 0.100. The second-order valence-corrected chi connectivity index (χ2v) is 8.68. The molecular weight excluding hydrogens is 434 g/mol. The first kappa shape index (κ1) is 21.3. The number of aromatic nitrogens is 1. The Bertz CT molecular complexity index is 1120. The monoisotopic (exact) mass is 455 g/mol. The highest BCUT2D eigenvalue weighted by atomic mass is 35.5. The lowest BCUT2D eigenvalue weighted by Gasteiger charge is -2.34.